The Morgan fingerprint density at radius 3 is 1.96 bits per heavy atom. The van der Waals surface area contributed by atoms with Gasteiger partial charge in [-0.2, -0.15) is 8.42 Å². The molecule has 274 valence electrons. The average Bonchev–Trinajstić information content (AvgIpc) is 3.09. The average molecular weight is 735 g/mol. The Bertz CT molecular complexity index is 1510. The molecule has 0 aliphatic carbocycles. The highest BCUT2D eigenvalue weighted by Gasteiger charge is 2.19. The summed E-state index contributed by atoms with van der Waals surface area (Å²) in [7, 11) is -4.05. The molecule has 2 rings (SSSR count). The maximum atomic E-state index is 12.9. The molecule has 0 aromatic heterocycles. The predicted molar refractivity (Wildman–Crippen MR) is 192 cm³/mol. The summed E-state index contributed by atoms with van der Waals surface area (Å²) in [5.41, 5.74) is 19.0. The van der Waals surface area contributed by atoms with Crippen molar-refractivity contribution >= 4 is 34.8 Å². The lowest BCUT2D eigenvalue weighted by atomic mass is 10.0. The van der Waals surface area contributed by atoms with Crippen LogP contribution in [-0.4, -0.2) is 63.4 Å². The van der Waals surface area contributed by atoms with Crippen molar-refractivity contribution < 1.29 is 36.9 Å². The zero-order valence-electron chi connectivity index (χ0n) is 28.0. The van der Waals surface area contributed by atoms with Crippen LogP contribution in [0.2, 0.25) is 0 Å². The van der Waals surface area contributed by atoms with E-state index >= 15 is 0 Å². The number of aryl methyl sites for hydroxylation is 1. The van der Waals surface area contributed by atoms with E-state index in [2.05, 4.69) is 43.1 Å². The second-order valence-corrected chi connectivity index (χ2v) is 13.1. The summed E-state index contributed by atoms with van der Waals surface area (Å²) in [5, 5.41) is 10.0. The quantitative estimate of drug-likeness (QED) is 0.0142. The van der Waals surface area contributed by atoms with Crippen LogP contribution >= 0.6 is 12.8 Å². The number of amides is 1. The van der Waals surface area contributed by atoms with E-state index in [4.69, 9.17) is 29.9 Å². The van der Waals surface area contributed by atoms with Gasteiger partial charge in [-0.3, -0.25) is 9.35 Å². The Hall–Kier alpha value is -4.18. The second kappa shape index (κ2) is 24.9. The molecule has 0 atom stereocenters. The van der Waals surface area contributed by atoms with E-state index in [1.165, 1.54) is 0 Å². The van der Waals surface area contributed by atoms with Gasteiger partial charge in [0, 0.05) is 40.6 Å². The SMILES string of the molecule is [N-]=[N+]=NCCCCCCOc1cc(C(=O)ONS)cc(OCCCCCCN=[N+]=[N-])c1CCCNC(=O)c1cccc(CCCS(=O)(=O)O)c1. The van der Waals surface area contributed by atoms with Gasteiger partial charge in [0.1, 0.15) is 11.5 Å². The highest BCUT2D eigenvalue weighted by atomic mass is 32.2. The van der Waals surface area contributed by atoms with E-state index < -0.39 is 16.1 Å². The minimum absolute atomic E-state index is 0.203. The van der Waals surface area contributed by atoms with Crippen molar-refractivity contribution in [2.75, 3.05) is 38.6 Å². The Balaban J connectivity index is 2.13. The van der Waals surface area contributed by atoms with Gasteiger partial charge in [-0.15, -0.1) is 0 Å². The lowest BCUT2D eigenvalue weighted by Crippen LogP contribution is -2.25. The molecule has 0 heterocycles. The van der Waals surface area contributed by atoms with E-state index in [0.29, 0.717) is 69.2 Å². The van der Waals surface area contributed by atoms with Crippen LogP contribution in [-0.2, 0) is 27.8 Å². The number of nitrogens with one attached hydrogen (secondary N) is 2. The van der Waals surface area contributed by atoms with E-state index in [1.807, 2.05) is 0 Å². The third-order valence-corrected chi connectivity index (χ3v) is 8.33. The summed E-state index contributed by atoms with van der Waals surface area (Å²) in [6.45, 7) is 1.96. The zero-order valence-corrected chi connectivity index (χ0v) is 29.7. The molecule has 2 aromatic rings. The second-order valence-electron chi connectivity index (χ2n) is 11.3. The van der Waals surface area contributed by atoms with E-state index in [-0.39, 0.29) is 23.6 Å². The molecule has 0 fully saturated rings. The number of azide groups is 2. The number of carbonyl (C=O) groups is 2. The first-order chi connectivity index (χ1) is 24.2. The molecule has 0 unspecified atom stereocenters. The molecule has 0 saturated heterocycles. The largest absolute Gasteiger partial charge is 0.493 e. The number of rotatable bonds is 27. The predicted octanol–water partition coefficient (Wildman–Crippen LogP) is 6.87. The highest BCUT2D eigenvalue weighted by Crippen LogP contribution is 2.33. The Morgan fingerprint density at radius 1 is 0.800 bits per heavy atom. The van der Waals surface area contributed by atoms with Crippen molar-refractivity contribution in [2.45, 2.75) is 77.0 Å². The van der Waals surface area contributed by atoms with Crippen LogP contribution in [0.4, 0.5) is 0 Å². The summed E-state index contributed by atoms with van der Waals surface area (Å²) in [6, 6.07) is 10.1. The molecule has 0 radical (unpaired) electrons. The summed E-state index contributed by atoms with van der Waals surface area (Å²) in [4.78, 5) is 38.1. The van der Waals surface area contributed by atoms with Gasteiger partial charge in [-0.25, -0.2) is 4.79 Å². The summed E-state index contributed by atoms with van der Waals surface area (Å²) in [6.07, 6.45) is 8.10. The summed E-state index contributed by atoms with van der Waals surface area (Å²) < 4.78 is 43.4. The lowest BCUT2D eigenvalue weighted by molar-refractivity contribution is 0.0428. The number of hydrogen-bond acceptors (Lipinski definition) is 11. The molecule has 0 aliphatic rings. The Morgan fingerprint density at radius 2 is 1.40 bits per heavy atom. The first-order valence-electron chi connectivity index (χ1n) is 16.5. The number of unbranched alkanes of at least 4 members (excludes halogenated alkanes) is 6. The van der Waals surface area contributed by atoms with Crippen molar-refractivity contribution in [2.24, 2.45) is 10.2 Å². The maximum absolute atomic E-state index is 12.9. The molecule has 3 N–H and O–H groups in total. The monoisotopic (exact) mass is 734 g/mol. The fourth-order valence-electron chi connectivity index (χ4n) is 4.97. The number of nitrogens with zero attached hydrogens (tertiary/aromatic N) is 6. The van der Waals surface area contributed by atoms with Crippen molar-refractivity contribution in [1.29, 1.82) is 0 Å². The van der Waals surface area contributed by atoms with Crippen molar-refractivity contribution in [3.8, 4) is 11.5 Å². The van der Waals surface area contributed by atoms with E-state index in [0.717, 1.165) is 62.5 Å². The normalized spacial score (nSPS) is 10.8. The fraction of sp³-hybridized carbons (Fsp3) is 0.562. The summed E-state index contributed by atoms with van der Waals surface area (Å²) in [5.74, 6) is -0.396. The highest BCUT2D eigenvalue weighted by molar-refractivity contribution is 7.85. The molecule has 0 spiro atoms. The number of ether oxygens (including phenoxy) is 2. The van der Waals surface area contributed by atoms with Crippen LogP contribution in [0, 0.1) is 0 Å². The standard InChI is InChI=1S/C32H46N8O8S2/c33-38-36-17-5-1-3-7-19-46-29-23-27(32(42)48-40-49)24-30(47-20-8-4-2-6-18-37-39-34)28(29)15-10-16-35-31(41)26-14-9-12-25(22-26)13-11-21-50(43,44)45/h9,12,14,22-24,40,49H,1-8,10-11,13,15-21H2,(H,35,41)(H,43,44,45). The molecule has 0 saturated carbocycles. The molecule has 50 heavy (non-hydrogen) atoms. The molecular formula is C32H46N8O8S2. The number of hydrogen-bond donors (Lipinski definition) is 4. The van der Waals surface area contributed by atoms with Crippen LogP contribution in [0.3, 0.4) is 0 Å². The maximum Gasteiger partial charge on any atom is 0.357 e. The van der Waals surface area contributed by atoms with Crippen LogP contribution in [0.1, 0.15) is 96.1 Å². The molecule has 0 aliphatic heterocycles. The Kier molecular flexibility index (Phi) is 20.9. The zero-order chi connectivity index (χ0) is 36.5. The van der Waals surface area contributed by atoms with E-state index in [1.54, 1.807) is 36.4 Å². The van der Waals surface area contributed by atoms with Crippen LogP contribution in [0.15, 0.2) is 46.6 Å². The van der Waals surface area contributed by atoms with Gasteiger partial charge in [0.15, 0.2) is 0 Å². The molecule has 2 aromatic carbocycles. The van der Waals surface area contributed by atoms with Crippen LogP contribution in [0.5, 0.6) is 11.5 Å². The van der Waals surface area contributed by atoms with Crippen LogP contribution in [0.25, 0.3) is 20.9 Å². The summed E-state index contributed by atoms with van der Waals surface area (Å²) >= 11 is 3.76. The number of carbonyl (C=O) groups excluding carboxylic acids is 2. The number of benzene rings is 2. The minimum Gasteiger partial charge on any atom is -0.493 e. The van der Waals surface area contributed by atoms with Crippen LogP contribution < -0.4 is 19.7 Å². The first-order valence-corrected chi connectivity index (χ1v) is 18.6. The van der Waals surface area contributed by atoms with Gasteiger partial charge in [0.05, 0.1) is 24.5 Å². The van der Waals surface area contributed by atoms with Gasteiger partial charge in [-0.05, 0) is 92.3 Å². The van der Waals surface area contributed by atoms with Crippen molar-refractivity contribution in [3.05, 3.63) is 79.5 Å². The van der Waals surface area contributed by atoms with Gasteiger partial charge >= 0.3 is 5.97 Å². The van der Waals surface area contributed by atoms with Gasteiger partial charge in [-0.1, -0.05) is 65.7 Å². The van der Waals surface area contributed by atoms with Gasteiger partial charge in [0.2, 0.25) is 0 Å². The van der Waals surface area contributed by atoms with Crippen molar-refractivity contribution in [1.82, 2.24) is 10.2 Å². The minimum atomic E-state index is -4.05. The third kappa shape index (κ3) is 18.0. The molecule has 0 bridgehead atoms. The lowest BCUT2D eigenvalue weighted by Gasteiger charge is -2.18. The van der Waals surface area contributed by atoms with Gasteiger partial charge in [0.25, 0.3) is 16.0 Å². The first kappa shape index (κ1) is 42.0. The Labute approximate surface area is 298 Å². The molecule has 16 nitrogen and oxygen atoms in total. The van der Waals surface area contributed by atoms with Crippen molar-refractivity contribution in [3.63, 3.8) is 0 Å². The molecule has 18 heteroatoms. The fourth-order valence-corrected chi connectivity index (χ4v) is 5.56. The number of thiol groups is 1. The molecule has 1 amide bonds. The smallest absolute Gasteiger partial charge is 0.357 e. The van der Waals surface area contributed by atoms with E-state index in [9.17, 15) is 18.0 Å². The van der Waals surface area contributed by atoms with Gasteiger partial charge < -0.3 is 19.6 Å². The topological polar surface area (TPSA) is 238 Å². The third-order valence-electron chi connectivity index (χ3n) is 7.43. The molecular weight excluding hydrogens is 689 g/mol.